The summed E-state index contributed by atoms with van der Waals surface area (Å²) in [7, 11) is -3.94. The average Bonchev–Trinajstić information content (AvgIpc) is 2.64. The molecule has 0 spiro atoms. The molecule has 1 aliphatic rings. The molecule has 2 aromatic carbocycles. The first-order valence-electron chi connectivity index (χ1n) is 8.70. The molecular formula is C19H18Cl2F3NO3S. The third kappa shape index (κ3) is 4.41. The van der Waals surface area contributed by atoms with Crippen LogP contribution >= 0.6 is 23.2 Å². The van der Waals surface area contributed by atoms with E-state index in [0.29, 0.717) is 10.6 Å². The average molecular weight is 468 g/mol. The predicted molar refractivity (Wildman–Crippen MR) is 105 cm³/mol. The third-order valence-electron chi connectivity index (χ3n) is 5.11. The Hall–Kier alpha value is -1.32. The molecular weight excluding hydrogens is 450 g/mol. The van der Waals surface area contributed by atoms with Crippen molar-refractivity contribution in [2.45, 2.75) is 36.4 Å². The summed E-state index contributed by atoms with van der Waals surface area (Å²) >= 11 is 12.0. The summed E-state index contributed by atoms with van der Waals surface area (Å²) in [6.07, 6.45) is -4.62. The summed E-state index contributed by atoms with van der Waals surface area (Å²) in [6, 6.07) is 7.22. The summed E-state index contributed by atoms with van der Waals surface area (Å²) in [5.41, 5.74) is -1.74. The fraction of sp³-hybridized carbons (Fsp3) is 0.368. The number of nitrogens with zero attached hydrogens (tertiary/aromatic N) is 1. The number of benzene rings is 2. The van der Waals surface area contributed by atoms with E-state index < -0.39 is 27.4 Å². The molecule has 4 nitrogen and oxygen atoms in total. The van der Waals surface area contributed by atoms with Crippen molar-refractivity contribution < 1.29 is 26.7 Å². The summed E-state index contributed by atoms with van der Waals surface area (Å²) < 4.78 is 66.0. The Balaban J connectivity index is 1.84. The normalized spacial score (nSPS) is 18.0. The van der Waals surface area contributed by atoms with Gasteiger partial charge in [0.1, 0.15) is 4.90 Å². The van der Waals surface area contributed by atoms with E-state index in [1.807, 2.05) is 0 Å². The van der Waals surface area contributed by atoms with Gasteiger partial charge in [0.05, 0.1) is 16.2 Å². The number of sulfonamides is 1. The molecule has 0 aliphatic carbocycles. The number of piperidine rings is 1. The molecule has 29 heavy (non-hydrogen) atoms. The van der Waals surface area contributed by atoms with Gasteiger partial charge in [-0.2, -0.15) is 17.5 Å². The topological polar surface area (TPSA) is 57.6 Å². The maximum atomic E-state index is 13.0. The van der Waals surface area contributed by atoms with Gasteiger partial charge in [0, 0.05) is 18.1 Å². The van der Waals surface area contributed by atoms with E-state index in [-0.39, 0.29) is 41.4 Å². The number of halogens is 5. The van der Waals surface area contributed by atoms with Gasteiger partial charge in [-0.3, -0.25) is 0 Å². The highest BCUT2D eigenvalue weighted by Gasteiger charge is 2.40. The van der Waals surface area contributed by atoms with Gasteiger partial charge in [-0.15, -0.1) is 0 Å². The zero-order valence-corrected chi connectivity index (χ0v) is 17.6. The van der Waals surface area contributed by atoms with Gasteiger partial charge in [-0.05, 0) is 55.2 Å². The monoisotopic (exact) mass is 467 g/mol. The number of aryl methyl sites for hydroxylation is 1. The van der Waals surface area contributed by atoms with Crippen molar-refractivity contribution in [3.63, 3.8) is 0 Å². The summed E-state index contributed by atoms with van der Waals surface area (Å²) in [4.78, 5) is -0.0921. The minimum absolute atomic E-state index is 0.0145. The molecule has 0 unspecified atom stereocenters. The van der Waals surface area contributed by atoms with Crippen LogP contribution in [0.4, 0.5) is 13.2 Å². The SMILES string of the molecule is Cc1cc(S(=O)(=O)N2CCC(O)(c3cccc(C(F)(F)F)c3)CC2)c(Cl)cc1Cl. The molecule has 158 valence electrons. The fourth-order valence-corrected chi connectivity index (χ4v) is 5.59. The number of rotatable bonds is 3. The Bertz CT molecular complexity index is 1030. The highest BCUT2D eigenvalue weighted by molar-refractivity contribution is 7.89. The van der Waals surface area contributed by atoms with Crippen molar-refractivity contribution in [3.8, 4) is 0 Å². The van der Waals surface area contributed by atoms with Crippen molar-refractivity contribution in [1.82, 2.24) is 4.31 Å². The van der Waals surface area contributed by atoms with Crippen LogP contribution in [-0.2, 0) is 21.8 Å². The fourth-order valence-electron chi connectivity index (χ4n) is 3.34. The molecule has 1 fully saturated rings. The number of hydrogen-bond acceptors (Lipinski definition) is 3. The van der Waals surface area contributed by atoms with E-state index in [1.54, 1.807) is 6.92 Å². The van der Waals surface area contributed by atoms with E-state index in [2.05, 4.69) is 0 Å². The maximum Gasteiger partial charge on any atom is 0.416 e. The van der Waals surface area contributed by atoms with E-state index in [9.17, 15) is 26.7 Å². The highest BCUT2D eigenvalue weighted by atomic mass is 35.5. The first-order valence-corrected chi connectivity index (χ1v) is 10.9. The molecule has 2 aromatic rings. The smallest absolute Gasteiger partial charge is 0.385 e. The zero-order valence-electron chi connectivity index (χ0n) is 15.3. The largest absolute Gasteiger partial charge is 0.416 e. The number of aliphatic hydroxyl groups is 1. The van der Waals surface area contributed by atoms with E-state index in [1.165, 1.54) is 28.6 Å². The molecule has 10 heteroatoms. The second kappa shape index (κ2) is 7.74. The van der Waals surface area contributed by atoms with E-state index in [0.717, 1.165) is 12.1 Å². The maximum absolute atomic E-state index is 13.0. The minimum atomic E-state index is -4.53. The molecule has 0 saturated carbocycles. The van der Waals surface area contributed by atoms with Gasteiger partial charge >= 0.3 is 6.18 Å². The lowest BCUT2D eigenvalue weighted by molar-refractivity contribution is -0.137. The quantitative estimate of drug-likeness (QED) is 0.691. The van der Waals surface area contributed by atoms with Crippen LogP contribution < -0.4 is 0 Å². The standard InChI is InChI=1S/C19H18Cl2F3NO3S/c1-12-9-17(16(21)11-15(12)20)29(27,28)25-7-5-18(26,6-8-25)13-3-2-4-14(10-13)19(22,23)24/h2-4,9-11,26H,5-8H2,1H3. The second-order valence-corrected chi connectivity index (χ2v) is 9.77. The number of alkyl halides is 3. The lowest BCUT2D eigenvalue weighted by Gasteiger charge is -2.38. The van der Waals surface area contributed by atoms with Crippen molar-refractivity contribution in [2.75, 3.05) is 13.1 Å². The minimum Gasteiger partial charge on any atom is -0.385 e. The molecule has 1 heterocycles. The van der Waals surface area contributed by atoms with E-state index in [4.69, 9.17) is 23.2 Å². The van der Waals surface area contributed by atoms with Crippen LogP contribution in [0.1, 0.15) is 29.5 Å². The van der Waals surface area contributed by atoms with Crippen LogP contribution in [0.5, 0.6) is 0 Å². The Morgan fingerprint density at radius 3 is 2.28 bits per heavy atom. The van der Waals surface area contributed by atoms with Crippen molar-refractivity contribution in [3.05, 3.63) is 63.1 Å². The lowest BCUT2D eigenvalue weighted by Crippen LogP contribution is -2.45. The van der Waals surface area contributed by atoms with Gasteiger partial charge in [-0.1, -0.05) is 35.3 Å². The summed E-state index contributed by atoms with van der Waals surface area (Å²) in [5, 5.41) is 11.2. The Labute approximate surface area is 176 Å². The molecule has 0 aromatic heterocycles. The van der Waals surface area contributed by atoms with Crippen LogP contribution in [0.25, 0.3) is 0 Å². The van der Waals surface area contributed by atoms with Crippen LogP contribution in [0.15, 0.2) is 41.3 Å². The highest BCUT2D eigenvalue weighted by Crippen LogP contribution is 2.39. The molecule has 0 atom stereocenters. The first kappa shape index (κ1) is 22.4. The molecule has 1 N–H and O–H groups in total. The van der Waals surface area contributed by atoms with E-state index >= 15 is 0 Å². The summed E-state index contributed by atoms with van der Waals surface area (Å²) in [5.74, 6) is 0. The lowest BCUT2D eigenvalue weighted by atomic mass is 9.84. The number of hydrogen-bond donors (Lipinski definition) is 1. The van der Waals surface area contributed by atoms with Gasteiger partial charge in [0.15, 0.2) is 0 Å². The summed E-state index contributed by atoms with van der Waals surface area (Å²) in [6.45, 7) is 1.53. The van der Waals surface area contributed by atoms with Crippen LogP contribution in [0, 0.1) is 6.92 Å². The van der Waals surface area contributed by atoms with Crippen molar-refractivity contribution in [1.29, 1.82) is 0 Å². The third-order valence-corrected chi connectivity index (χ3v) is 7.88. The first-order chi connectivity index (χ1) is 13.3. The molecule has 3 rings (SSSR count). The predicted octanol–water partition coefficient (Wildman–Crippen LogP) is 4.99. The zero-order chi connectivity index (χ0) is 21.6. The molecule has 1 aliphatic heterocycles. The van der Waals surface area contributed by atoms with Gasteiger partial charge in [-0.25, -0.2) is 8.42 Å². The van der Waals surface area contributed by atoms with Crippen molar-refractivity contribution >= 4 is 33.2 Å². The molecule has 1 saturated heterocycles. The molecule has 0 amide bonds. The van der Waals surface area contributed by atoms with Crippen LogP contribution in [0.3, 0.4) is 0 Å². The van der Waals surface area contributed by atoms with Crippen LogP contribution in [-0.4, -0.2) is 30.9 Å². The van der Waals surface area contributed by atoms with Crippen molar-refractivity contribution in [2.24, 2.45) is 0 Å². The Morgan fingerprint density at radius 2 is 1.69 bits per heavy atom. The Morgan fingerprint density at radius 1 is 1.07 bits per heavy atom. The van der Waals surface area contributed by atoms with Gasteiger partial charge in [0.25, 0.3) is 0 Å². The van der Waals surface area contributed by atoms with Gasteiger partial charge < -0.3 is 5.11 Å². The molecule has 0 radical (unpaired) electrons. The van der Waals surface area contributed by atoms with Gasteiger partial charge in [0.2, 0.25) is 10.0 Å². The second-order valence-electron chi connectivity index (χ2n) is 7.05. The molecule has 0 bridgehead atoms. The van der Waals surface area contributed by atoms with Crippen LogP contribution in [0.2, 0.25) is 10.0 Å². The Kier molecular flexibility index (Phi) is 5.97.